The maximum absolute atomic E-state index is 14.4. The van der Waals surface area contributed by atoms with E-state index in [-0.39, 0.29) is 17.6 Å². The topological polar surface area (TPSA) is 99.9 Å². The number of halogens is 1. The van der Waals surface area contributed by atoms with Gasteiger partial charge in [0.1, 0.15) is 5.82 Å². The van der Waals surface area contributed by atoms with Crippen LogP contribution < -0.4 is 5.32 Å². The Morgan fingerprint density at radius 2 is 2.21 bits per heavy atom. The van der Waals surface area contributed by atoms with Crippen LogP contribution in [0.2, 0.25) is 0 Å². The zero-order valence-electron chi connectivity index (χ0n) is 15.7. The lowest BCUT2D eigenvalue weighted by atomic mass is 9.96. The Morgan fingerprint density at radius 1 is 1.39 bits per heavy atom. The van der Waals surface area contributed by atoms with E-state index in [1.165, 1.54) is 13.0 Å². The summed E-state index contributed by atoms with van der Waals surface area (Å²) in [7, 11) is 0. The number of nitrogens with zero attached hydrogens (tertiary/aromatic N) is 4. The first kappa shape index (κ1) is 18.5. The molecule has 28 heavy (non-hydrogen) atoms. The molecule has 0 saturated carbocycles. The molecule has 0 bridgehead atoms. The molecule has 2 N–H and O–H groups in total. The standard InChI is InChI=1S/C19H23FN6O2/c1-12(27)21-7-2-8-26-9-5-13(6-10-26)19-23-18(25-28-19)17-14-11-22-24-16(14)4-3-15(17)20/h3-4,11,13H,2,5-10H2,1H3,(H,21,27)(H,22,24). The summed E-state index contributed by atoms with van der Waals surface area (Å²) in [5, 5.41) is 14.3. The van der Waals surface area contributed by atoms with Crippen molar-refractivity contribution in [3.63, 3.8) is 0 Å². The number of amides is 1. The fourth-order valence-corrected chi connectivity index (χ4v) is 3.69. The highest BCUT2D eigenvalue weighted by Gasteiger charge is 2.26. The molecule has 1 amide bonds. The monoisotopic (exact) mass is 386 g/mol. The largest absolute Gasteiger partial charge is 0.356 e. The Hall–Kier alpha value is -2.81. The summed E-state index contributed by atoms with van der Waals surface area (Å²) in [6, 6.07) is 3.02. The lowest BCUT2D eigenvalue weighted by molar-refractivity contribution is -0.118. The second-order valence-electron chi connectivity index (χ2n) is 7.16. The Bertz CT molecular complexity index is 960. The van der Waals surface area contributed by atoms with E-state index in [0.717, 1.165) is 44.4 Å². The molecule has 148 valence electrons. The lowest BCUT2D eigenvalue weighted by Gasteiger charge is -2.30. The van der Waals surface area contributed by atoms with Crippen molar-refractivity contribution in [2.45, 2.75) is 32.1 Å². The van der Waals surface area contributed by atoms with Crippen LogP contribution in [0.4, 0.5) is 4.39 Å². The summed E-state index contributed by atoms with van der Waals surface area (Å²) >= 11 is 0. The minimum Gasteiger partial charge on any atom is -0.356 e. The SMILES string of the molecule is CC(=O)NCCCN1CCC(c2nc(-c3c(F)ccc4[nH]ncc34)no2)CC1. The summed E-state index contributed by atoms with van der Waals surface area (Å²) in [5.74, 6) is 0.619. The van der Waals surface area contributed by atoms with Crippen molar-refractivity contribution in [3.05, 3.63) is 30.0 Å². The quantitative estimate of drug-likeness (QED) is 0.631. The molecule has 0 radical (unpaired) electrons. The third-order valence-electron chi connectivity index (χ3n) is 5.20. The Balaban J connectivity index is 1.38. The number of piperidine rings is 1. The highest BCUT2D eigenvalue weighted by molar-refractivity contribution is 5.92. The van der Waals surface area contributed by atoms with Gasteiger partial charge in [-0.2, -0.15) is 10.1 Å². The van der Waals surface area contributed by atoms with Gasteiger partial charge in [-0.3, -0.25) is 9.89 Å². The van der Waals surface area contributed by atoms with Crippen LogP contribution in [-0.2, 0) is 4.79 Å². The normalized spacial score (nSPS) is 15.9. The minimum absolute atomic E-state index is 0.00783. The number of aromatic amines is 1. The minimum atomic E-state index is -0.393. The third kappa shape index (κ3) is 3.89. The Labute approximate surface area is 161 Å². The molecule has 1 saturated heterocycles. The fourth-order valence-electron chi connectivity index (χ4n) is 3.69. The molecule has 0 atom stereocenters. The molecule has 1 aromatic carbocycles. The average Bonchev–Trinajstić information content (AvgIpc) is 3.35. The molecule has 1 fully saturated rings. The van der Waals surface area contributed by atoms with E-state index in [4.69, 9.17) is 4.52 Å². The molecule has 3 aromatic rings. The smallest absolute Gasteiger partial charge is 0.230 e. The molecule has 0 spiro atoms. The van der Waals surface area contributed by atoms with Gasteiger partial charge in [0.25, 0.3) is 0 Å². The number of hydrogen-bond donors (Lipinski definition) is 2. The fraction of sp³-hybridized carbons (Fsp3) is 0.474. The van der Waals surface area contributed by atoms with Crippen LogP contribution in [-0.4, -0.2) is 57.3 Å². The second-order valence-corrected chi connectivity index (χ2v) is 7.16. The predicted molar refractivity (Wildman–Crippen MR) is 101 cm³/mol. The van der Waals surface area contributed by atoms with E-state index >= 15 is 0 Å². The summed E-state index contributed by atoms with van der Waals surface area (Å²) in [4.78, 5) is 17.8. The number of carbonyl (C=O) groups is 1. The number of likely N-dealkylation sites (tertiary alicyclic amines) is 1. The van der Waals surface area contributed by atoms with E-state index in [9.17, 15) is 9.18 Å². The number of benzene rings is 1. The van der Waals surface area contributed by atoms with Gasteiger partial charge in [-0.05, 0) is 51.0 Å². The number of hydrogen-bond acceptors (Lipinski definition) is 6. The van der Waals surface area contributed by atoms with Gasteiger partial charge in [0.2, 0.25) is 17.6 Å². The molecule has 1 aliphatic rings. The van der Waals surface area contributed by atoms with E-state index in [1.54, 1.807) is 12.3 Å². The van der Waals surface area contributed by atoms with E-state index in [0.29, 0.717) is 23.4 Å². The Morgan fingerprint density at radius 3 is 3.00 bits per heavy atom. The number of H-pyrrole nitrogens is 1. The first-order chi connectivity index (χ1) is 13.6. The Kier molecular flexibility index (Phi) is 5.34. The maximum Gasteiger partial charge on any atom is 0.230 e. The molecular formula is C19H23FN6O2. The van der Waals surface area contributed by atoms with Gasteiger partial charge in [0, 0.05) is 24.8 Å². The van der Waals surface area contributed by atoms with Crippen LogP contribution in [0.15, 0.2) is 22.9 Å². The van der Waals surface area contributed by atoms with Crippen molar-refractivity contribution < 1.29 is 13.7 Å². The molecule has 8 nitrogen and oxygen atoms in total. The van der Waals surface area contributed by atoms with Crippen molar-refractivity contribution in [2.75, 3.05) is 26.2 Å². The molecule has 3 heterocycles. The molecule has 1 aliphatic heterocycles. The molecule has 9 heteroatoms. The molecule has 4 rings (SSSR count). The van der Waals surface area contributed by atoms with Crippen LogP contribution in [0.3, 0.4) is 0 Å². The highest BCUT2D eigenvalue weighted by Crippen LogP contribution is 2.32. The zero-order chi connectivity index (χ0) is 19.5. The first-order valence-corrected chi connectivity index (χ1v) is 9.54. The third-order valence-corrected chi connectivity index (χ3v) is 5.20. The molecule has 2 aromatic heterocycles. The van der Waals surface area contributed by atoms with Crippen LogP contribution >= 0.6 is 0 Å². The zero-order valence-corrected chi connectivity index (χ0v) is 15.7. The van der Waals surface area contributed by atoms with Gasteiger partial charge in [0.05, 0.1) is 17.3 Å². The number of fused-ring (bicyclic) bond motifs is 1. The van der Waals surface area contributed by atoms with E-state index < -0.39 is 5.82 Å². The van der Waals surface area contributed by atoms with Crippen LogP contribution in [0.25, 0.3) is 22.3 Å². The second kappa shape index (κ2) is 8.05. The highest BCUT2D eigenvalue weighted by atomic mass is 19.1. The summed E-state index contributed by atoms with van der Waals surface area (Å²) in [6.45, 7) is 5.06. The van der Waals surface area contributed by atoms with Gasteiger partial charge in [-0.25, -0.2) is 4.39 Å². The van der Waals surface area contributed by atoms with Crippen molar-refractivity contribution in [3.8, 4) is 11.4 Å². The number of nitrogens with one attached hydrogen (secondary N) is 2. The van der Waals surface area contributed by atoms with Crippen LogP contribution in [0.1, 0.15) is 38.0 Å². The van der Waals surface area contributed by atoms with Gasteiger partial charge in [0.15, 0.2) is 0 Å². The van der Waals surface area contributed by atoms with Crippen LogP contribution in [0, 0.1) is 5.82 Å². The van der Waals surface area contributed by atoms with Crippen molar-refractivity contribution >= 4 is 16.8 Å². The van der Waals surface area contributed by atoms with Gasteiger partial charge in [-0.1, -0.05) is 5.16 Å². The van der Waals surface area contributed by atoms with Crippen molar-refractivity contribution in [1.82, 2.24) is 30.6 Å². The first-order valence-electron chi connectivity index (χ1n) is 9.54. The maximum atomic E-state index is 14.4. The van der Waals surface area contributed by atoms with Gasteiger partial charge >= 0.3 is 0 Å². The molecule has 0 unspecified atom stereocenters. The summed E-state index contributed by atoms with van der Waals surface area (Å²) < 4.78 is 19.9. The number of rotatable bonds is 6. The predicted octanol–water partition coefficient (Wildman–Crippen LogP) is 2.46. The molecular weight excluding hydrogens is 363 g/mol. The summed E-state index contributed by atoms with van der Waals surface area (Å²) in [6.07, 6.45) is 4.34. The van der Waals surface area contributed by atoms with Crippen molar-refractivity contribution in [1.29, 1.82) is 0 Å². The lowest BCUT2D eigenvalue weighted by Crippen LogP contribution is -2.35. The average molecular weight is 386 g/mol. The number of aromatic nitrogens is 4. The van der Waals surface area contributed by atoms with E-state index in [2.05, 4.69) is 30.6 Å². The van der Waals surface area contributed by atoms with Crippen LogP contribution in [0.5, 0.6) is 0 Å². The molecule has 0 aliphatic carbocycles. The summed E-state index contributed by atoms with van der Waals surface area (Å²) in [5.41, 5.74) is 1.05. The van der Waals surface area contributed by atoms with Gasteiger partial charge in [-0.15, -0.1) is 0 Å². The van der Waals surface area contributed by atoms with Crippen molar-refractivity contribution in [2.24, 2.45) is 0 Å². The van der Waals surface area contributed by atoms with E-state index in [1.807, 2.05) is 0 Å². The number of carbonyl (C=O) groups excluding carboxylic acids is 1. The van der Waals surface area contributed by atoms with Gasteiger partial charge < -0.3 is 14.7 Å².